The molecule has 0 radical (unpaired) electrons. The fraction of sp³-hybridized carbons (Fsp3) is 0. The molecule has 0 aliphatic rings. The van der Waals surface area contributed by atoms with Crippen molar-refractivity contribution in [1.82, 2.24) is 4.98 Å². The lowest BCUT2D eigenvalue weighted by Gasteiger charge is -1.99. The average molecular weight is 292 g/mol. The summed E-state index contributed by atoms with van der Waals surface area (Å²) >= 11 is 6.41. The van der Waals surface area contributed by atoms with Gasteiger partial charge in [0.1, 0.15) is 11.2 Å². The number of furan rings is 1. The lowest BCUT2D eigenvalue weighted by Crippen LogP contribution is -1.76. The lowest BCUT2D eigenvalue weighted by molar-refractivity contribution is 0.669. The van der Waals surface area contributed by atoms with E-state index < -0.39 is 0 Å². The van der Waals surface area contributed by atoms with Crippen molar-refractivity contribution in [1.29, 1.82) is 0 Å². The Morgan fingerprint density at radius 1 is 0.762 bits per heavy atom. The number of hydrogen-bond acceptors (Lipinski definition) is 1. The van der Waals surface area contributed by atoms with Crippen molar-refractivity contribution < 1.29 is 4.42 Å². The minimum Gasteiger partial charge on any atom is -0.456 e. The van der Waals surface area contributed by atoms with Gasteiger partial charge >= 0.3 is 0 Å². The second kappa shape index (κ2) is 3.80. The molecule has 0 amide bonds. The third kappa shape index (κ3) is 1.38. The monoisotopic (exact) mass is 291 g/mol. The van der Waals surface area contributed by atoms with Crippen LogP contribution < -0.4 is 0 Å². The van der Waals surface area contributed by atoms with Gasteiger partial charge in [0.25, 0.3) is 0 Å². The van der Waals surface area contributed by atoms with E-state index in [0.717, 1.165) is 48.8 Å². The fourth-order valence-electron chi connectivity index (χ4n) is 3.21. The van der Waals surface area contributed by atoms with Crippen molar-refractivity contribution in [3.05, 3.63) is 59.6 Å². The molecule has 0 aliphatic heterocycles. The highest BCUT2D eigenvalue weighted by atomic mass is 35.5. The highest BCUT2D eigenvalue weighted by Crippen LogP contribution is 2.38. The number of nitrogens with one attached hydrogen (secondary N) is 1. The SMILES string of the molecule is Clc1cccc2c1[nH]c1cccc3oc4cccc2c4c13. The highest BCUT2D eigenvalue weighted by Gasteiger charge is 2.14. The summed E-state index contributed by atoms with van der Waals surface area (Å²) in [7, 11) is 0. The normalized spacial score (nSPS) is 12.0. The van der Waals surface area contributed by atoms with E-state index in [-0.39, 0.29) is 0 Å². The van der Waals surface area contributed by atoms with Crippen molar-refractivity contribution >= 4 is 55.3 Å². The Balaban J connectivity index is 2.31. The number of rotatable bonds is 0. The zero-order valence-corrected chi connectivity index (χ0v) is 11.7. The molecule has 2 heterocycles. The van der Waals surface area contributed by atoms with E-state index >= 15 is 0 Å². The zero-order valence-electron chi connectivity index (χ0n) is 11.0. The molecule has 1 N–H and O–H groups in total. The first kappa shape index (κ1) is 11.2. The number of benzene rings is 3. The fourth-order valence-corrected chi connectivity index (χ4v) is 3.43. The van der Waals surface area contributed by atoms with Crippen LogP contribution in [0.3, 0.4) is 0 Å². The van der Waals surface area contributed by atoms with E-state index in [1.54, 1.807) is 0 Å². The van der Waals surface area contributed by atoms with Crippen LogP contribution in [0.1, 0.15) is 0 Å². The van der Waals surface area contributed by atoms with Gasteiger partial charge in [-0.25, -0.2) is 0 Å². The maximum atomic E-state index is 6.41. The maximum Gasteiger partial charge on any atom is 0.137 e. The molecule has 0 aliphatic carbocycles. The van der Waals surface area contributed by atoms with Gasteiger partial charge in [-0.15, -0.1) is 0 Å². The Hall–Kier alpha value is -2.45. The topological polar surface area (TPSA) is 28.9 Å². The number of para-hydroxylation sites is 1. The molecule has 5 aromatic rings. The number of aromatic amines is 1. The third-order valence-corrected chi connectivity index (χ3v) is 4.40. The van der Waals surface area contributed by atoms with Gasteiger partial charge in [0.2, 0.25) is 0 Å². The van der Waals surface area contributed by atoms with Crippen LogP contribution in [0.15, 0.2) is 59.0 Å². The maximum absolute atomic E-state index is 6.41. The third-order valence-electron chi connectivity index (χ3n) is 4.09. The molecule has 2 aromatic heterocycles. The molecule has 0 saturated heterocycles. The molecule has 0 unspecified atom stereocenters. The minimum absolute atomic E-state index is 0.726. The number of hydrogen-bond donors (Lipinski definition) is 1. The van der Waals surface area contributed by atoms with E-state index in [1.165, 1.54) is 0 Å². The van der Waals surface area contributed by atoms with Crippen LogP contribution in [0.5, 0.6) is 0 Å². The summed E-state index contributed by atoms with van der Waals surface area (Å²) in [6, 6.07) is 18.2. The molecule has 3 heteroatoms. The molecule has 0 atom stereocenters. The molecule has 100 valence electrons. The van der Waals surface area contributed by atoms with Gasteiger partial charge in [0, 0.05) is 10.8 Å². The molecular formula is C18H10ClNO. The summed E-state index contributed by atoms with van der Waals surface area (Å²) < 4.78 is 5.98. The van der Waals surface area contributed by atoms with Gasteiger partial charge in [0.15, 0.2) is 0 Å². The number of H-pyrrole nitrogens is 1. The number of halogens is 1. The molecule has 0 spiro atoms. The molecule has 0 bridgehead atoms. The smallest absolute Gasteiger partial charge is 0.137 e. The van der Waals surface area contributed by atoms with Crippen LogP contribution in [-0.4, -0.2) is 4.98 Å². The predicted molar refractivity (Wildman–Crippen MR) is 88.1 cm³/mol. The first-order valence-electron chi connectivity index (χ1n) is 6.83. The largest absolute Gasteiger partial charge is 0.456 e. The Kier molecular flexibility index (Phi) is 2.04. The van der Waals surface area contributed by atoms with Gasteiger partial charge in [-0.2, -0.15) is 0 Å². The summed E-state index contributed by atoms with van der Waals surface area (Å²) in [6.45, 7) is 0. The lowest BCUT2D eigenvalue weighted by atomic mass is 10.1. The zero-order chi connectivity index (χ0) is 14.0. The van der Waals surface area contributed by atoms with Gasteiger partial charge in [-0.1, -0.05) is 41.9 Å². The van der Waals surface area contributed by atoms with E-state index in [4.69, 9.17) is 16.0 Å². The van der Waals surface area contributed by atoms with Crippen molar-refractivity contribution in [2.75, 3.05) is 0 Å². The Morgan fingerprint density at radius 2 is 1.48 bits per heavy atom. The predicted octanol–water partition coefficient (Wildman–Crippen LogP) is 5.87. The molecule has 21 heavy (non-hydrogen) atoms. The number of aromatic nitrogens is 1. The molecule has 0 fully saturated rings. The van der Waals surface area contributed by atoms with Crippen LogP contribution in [-0.2, 0) is 0 Å². The Labute approximate surface area is 124 Å². The van der Waals surface area contributed by atoms with E-state index in [0.29, 0.717) is 0 Å². The first-order valence-corrected chi connectivity index (χ1v) is 7.21. The first-order chi connectivity index (χ1) is 10.3. The van der Waals surface area contributed by atoms with Gasteiger partial charge < -0.3 is 9.40 Å². The van der Waals surface area contributed by atoms with Crippen molar-refractivity contribution in [3.8, 4) is 0 Å². The van der Waals surface area contributed by atoms with Crippen molar-refractivity contribution in [3.63, 3.8) is 0 Å². The Morgan fingerprint density at radius 3 is 2.38 bits per heavy atom. The van der Waals surface area contributed by atoms with Gasteiger partial charge in [0.05, 0.1) is 21.4 Å². The quantitative estimate of drug-likeness (QED) is 0.379. The minimum atomic E-state index is 0.726. The molecule has 2 nitrogen and oxygen atoms in total. The molecular weight excluding hydrogens is 282 g/mol. The van der Waals surface area contributed by atoms with Crippen LogP contribution in [0.25, 0.3) is 43.7 Å². The average Bonchev–Trinajstić information content (AvgIpc) is 2.80. The van der Waals surface area contributed by atoms with Crippen LogP contribution >= 0.6 is 11.6 Å². The summed E-state index contributed by atoms with van der Waals surface area (Å²) in [6.07, 6.45) is 0. The molecule has 3 aromatic carbocycles. The highest BCUT2D eigenvalue weighted by molar-refractivity contribution is 6.36. The second-order valence-electron chi connectivity index (χ2n) is 5.25. The summed E-state index contributed by atoms with van der Waals surface area (Å²) in [5, 5.41) is 5.25. The van der Waals surface area contributed by atoms with E-state index in [9.17, 15) is 0 Å². The van der Waals surface area contributed by atoms with Crippen molar-refractivity contribution in [2.45, 2.75) is 0 Å². The van der Waals surface area contributed by atoms with Crippen LogP contribution in [0.2, 0.25) is 5.02 Å². The summed E-state index contributed by atoms with van der Waals surface area (Å²) in [4.78, 5) is 3.48. The molecule has 0 saturated carbocycles. The van der Waals surface area contributed by atoms with Gasteiger partial charge in [-0.3, -0.25) is 0 Å². The second-order valence-corrected chi connectivity index (χ2v) is 5.65. The standard InChI is InChI=1S/C18H10ClNO/c19-12-6-1-5-11-10-4-2-8-14-16(10)17-13(20-18(11)12)7-3-9-15(17)21-14/h1-9,20H. The number of fused-ring (bicyclic) bond motifs is 2. The van der Waals surface area contributed by atoms with E-state index in [2.05, 4.69) is 23.2 Å². The molecule has 5 rings (SSSR count). The van der Waals surface area contributed by atoms with E-state index in [1.807, 2.05) is 36.4 Å². The Bertz CT molecular complexity index is 1150. The van der Waals surface area contributed by atoms with Crippen molar-refractivity contribution in [2.24, 2.45) is 0 Å². The summed E-state index contributed by atoms with van der Waals surface area (Å²) in [5.41, 5.74) is 3.79. The van der Waals surface area contributed by atoms with Crippen LogP contribution in [0.4, 0.5) is 0 Å². The summed E-state index contributed by atoms with van der Waals surface area (Å²) in [5.74, 6) is 0. The van der Waals surface area contributed by atoms with Gasteiger partial charge in [-0.05, 0) is 29.7 Å². The van der Waals surface area contributed by atoms with Crippen LogP contribution in [0, 0.1) is 0 Å².